The third kappa shape index (κ3) is 34.0. The van der Waals surface area contributed by atoms with E-state index in [1.54, 1.807) is 0 Å². The summed E-state index contributed by atoms with van der Waals surface area (Å²) in [6.07, 6.45) is 45.0. The fraction of sp³-hybridized carbons (Fsp3) is 0.675. The lowest BCUT2D eigenvalue weighted by molar-refractivity contribution is -0.147. The van der Waals surface area contributed by atoms with Crippen molar-refractivity contribution in [1.29, 1.82) is 0 Å². The average Bonchev–Trinajstić information content (AvgIpc) is 3.04. The molecule has 0 saturated heterocycles. The van der Waals surface area contributed by atoms with Gasteiger partial charge in [0.15, 0.2) is 0 Å². The molecule has 0 aromatic carbocycles. The molecule has 0 aliphatic carbocycles. The smallest absolute Gasteiger partial charge is 0.322 e. The summed E-state index contributed by atoms with van der Waals surface area (Å²) in [7, 11) is 0. The van der Waals surface area contributed by atoms with E-state index in [4.69, 9.17) is 9.84 Å². The summed E-state index contributed by atoms with van der Waals surface area (Å²) in [6, 6.07) is 0. The lowest BCUT2D eigenvalue weighted by Crippen LogP contribution is -2.28. The van der Waals surface area contributed by atoms with Crippen LogP contribution in [0, 0.1) is 0 Å². The molecule has 6 heteroatoms. The van der Waals surface area contributed by atoms with Gasteiger partial charge in [-0.05, 0) is 83.1 Å². The standard InChI is InChI=1S/C40H67NO5/c1-3-5-7-9-11-13-14-15-16-17-18-19-20-21-23-25-31-35-40(45)46-37(32-28-24-22-12-10-8-6-4-2)33-29-26-27-30-34-38(42)41-36-39(43)44/h5,7,11-13,15-16,22,28,32,37H,3-4,6,8-10,14,17-21,23-27,29-31,33-36H2,1-2H3,(H,41,42)(H,43,44)/b7-5-,13-11-,16-15-,22-12-,32-28-. The zero-order valence-corrected chi connectivity index (χ0v) is 29.4. The number of hydrogen-bond donors (Lipinski definition) is 2. The topological polar surface area (TPSA) is 92.7 Å². The van der Waals surface area contributed by atoms with E-state index in [0.29, 0.717) is 12.8 Å². The molecule has 0 aliphatic rings. The summed E-state index contributed by atoms with van der Waals surface area (Å²) in [6.45, 7) is 4.04. The average molecular weight is 642 g/mol. The molecule has 1 atom stereocenters. The van der Waals surface area contributed by atoms with Gasteiger partial charge in [-0.3, -0.25) is 14.4 Å². The molecule has 2 N–H and O–H groups in total. The molecule has 1 unspecified atom stereocenters. The van der Waals surface area contributed by atoms with Crippen molar-refractivity contribution in [2.45, 2.75) is 168 Å². The van der Waals surface area contributed by atoms with E-state index in [1.807, 2.05) is 6.08 Å². The quantitative estimate of drug-likeness (QED) is 0.0433. The summed E-state index contributed by atoms with van der Waals surface area (Å²) in [5, 5.41) is 11.0. The highest BCUT2D eigenvalue weighted by atomic mass is 16.5. The molecule has 1 amide bonds. The maximum absolute atomic E-state index is 12.6. The Balaban J connectivity index is 4.18. The van der Waals surface area contributed by atoms with Crippen molar-refractivity contribution in [3.8, 4) is 0 Å². The minimum atomic E-state index is -1.03. The van der Waals surface area contributed by atoms with Crippen molar-refractivity contribution in [2.75, 3.05) is 6.54 Å². The van der Waals surface area contributed by atoms with E-state index in [-0.39, 0.29) is 24.5 Å². The summed E-state index contributed by atoms with van der Waals surface area (Å²) in [5.74, 6) is -1.37. The fourth-order valence-corrected chi connectivity index (χ4v) is 4.95. The van der Waals surface area contributed by atoms with E-state index in [9.17, 15) is 14.4 Å². The molecule has 0 fully saturated rings. The van der Waals surface area contributed by atoms with Gasteiger partial charge in [0, 0.05) is 12.8 Å². The van der Waals surface area contributed by atoms with Gasteiger partial charge in [-0.2, -0.15) is 0 Å². The summed E-state index contributed by atoms with van der Waals surface area (Å²) >= 11 is 0. The second kappa shape index (κ2) is 35.0. The van der Waals surface area contributed by atoms with E-state index < -0.39 is 5.97 Å². The van der Waals surface area contributed by atoms with Gasteiger partial charge in [0.25, 0.3) is 0 Å². The van der Waals surface area contributed by atoms with Crippen LogP contribution in [0.1, 0.15) is 162 Å². The lowest BCUT2D eigenvalue weighted by atomic mass is 10.1. The number of esters is 1. The van der Waals surface area contributed by atoms with Gasteiger partial charge in [0.1, 0.15) is 12.6 Å². The minimum absolute atomic E-state index is 0.112. The van der Waals surface area contributed by atoms with Crippen molar-refractivity contribution in [3.05, 3.63) is 60.8 Å². The van der Waals surface area contributed by atoms with Crippen LogP contribution in [0.2, 0.25) is 0 Å². The maximum atomic E-state index is 12.6. The molecule has 6 nitrogen and oxygen atoms in total. The number of ether oxygens (including phenoxy) is 1. The van der Waals surface area contributed by atoms with Crippen molar-refractivity contribution in [3.63, 3.8) is 0 Å². The van der Waals surface area contributed by atoms with Crippen molar-refractivity contribution >= 4 is 17.8 Å². The molecular formula is C40H67NO5. The Bertz CT molecular complexity index is 886. The number of carbonyl (C=O) groups is 3. The Morgan fingerprint density at radius 2 is 1.13 bits per heavy atom. The van der Waals surface area contributed by atoms with Crippen LogP contribution in [0.5, 0.6) is 0 Å². The Kier molecular flexibility index (Phi) is 32.8. The van der Waals surface area contributed by atoms with E-state index in [0.717, 1.165) is 83.5 Å². The number of carboxylic acids is 1. The summed E-state index contributed by atoms with van der Waals surface area (Å²) in [4.78, 5) is 34.8. The number of carboxylic acid groups (broad SMARTS) is 1. The second-order valence-corrected chi connectivity index (χ2v) is 12.1. The van der Waals surface area contributed by atoms with Crippen LogP contribution in [0.25, 0.3) is 0 Å². The molecule has 0 rings (SSSR count). The van der Waals surface area contributed by atoms with Crippen LogP contribution in [-0.4, -0.2) is 35.6 Å². The molecule has 0 saturated carbocycles. The van der Waals surface area contributed by atoms with Gasteiger partial charge in [-0.15, -0.1) is 0 Å². The molecule has 0 aromatic heterocycles. The van der Waals surface area contributed by atoms with Crippen LogP contribution in [-0.2, 0) is 19.1 Å². The Morgan fingerprint density at radius 3 is 1.76 bits per heavy atom. The Morgan fingerprint density at radius 1 is 0.609 bits per heavy atom. The van der Waals surface area contributed by atoms with E-state index >= 15 is 0 Å². The highest BCUT2D eigenvalue weighted by molar-refractivity contribution is 5.80. The van der Waals surface area contributed by atoms with Crippen LogP contribution in [0.4, 0.5) is 0 Å². The fourth-order valence-electron chi connectivity index (χ4n) is 4.95. The van der Waals surface area contributed by atoms with E-state index in [1.165, 1.54) is 51.4 Å². The predicted octanol–water partition coefficient (Wildman–Crippen LogP) is 10.9. The van der Waals surface area contributed by atoms with Crippen LogP contribution >= 0.6 is 0 Å². The molecule has 0 heterocycles. The monoisotopic (exact) mass is 642 g/mol. The summed E-state index contributed by atoms with van der Waals surface area (Å²) < 4.78 is 5.86. The molecule has 0 aromatic rings. The molecule has 0 spiro atoms. The molecule has 0 aliphatic heterocycles. The van der Waals surface area contributed by atoms with Crippen LogP contribution in [0.3, 0.4) is 0 Å². The summed E-state index contributed by atoms with van der Waals surface area (Å²) in [5.41, 5.74) is 0. The van der Waals surface area contributed by atoms with Crippen molar-refractivity contribution in [2.24, 2.45) is 0 Å². The number of aliphatic carboxylic acids is 1. The SMILES string of the molecule is CC/C=C\C/C=C\C/C=C\CCCCCCCCCC(=O)OC(/C=C\C/C=C\CCCCC)CCCCCCC(=O)NCC(=O)O. The first-order valence-corrected chi connectivity index (χ1v) is 18.4. The van der Waals surface area contributed by atoms with Crippen LogP contribution in [0.15, 0.2) is 60.8 Å². The number of hydrogen-bond acceptors (Lipinski definition) is 4. The Labute approximate surface area is 281 Å². The van der Waals surface area contributed by atoms with Gasteiger partial charge >= 0.3 is 11.9 Å². The van der Waals surface area contributed by atoms with E-state index in [2.05, 4.69) is 73.8 Å². The first kappa shape index (κ1) is 43.1. The Hall–Kier alpha value is -2.89. The van der Waals surface area contributed by atoms with Gasteiger partial charge in [0.2, 0.25) is 5.91 Å². The highest BCUT2D eigenvalue weighted by Crippen LogP contribution is 2.15. The molecule has 0 radical (unpaired) electrons. The number of allylic oxidation sites excluding steroid dienone is 9. The number of carbonyl (C=O) groups excluding carboxylic acids is 2. The molecular weight excluding hydrogens is 574 g/mol. The van der Waals surface area contributed by atoms with Gasteiger partial charge < -0.3 is 15.2 Å². The first-order chi connectivity index (χ1) is 22.5. The van der Waals surface area contributed by atoms with Crippen molar-refractivity contribution < 1.29 is 24.2 Å². The number of nitrogens with one attached hydrogen (secondary N) is 1. The van der Waals surface area contributed by atoms with Gasteiger partial charge in [0.05, 0.1) is 0 Å². The third-order valence-electron chi connectivity index (χ3n) is 7.66. The normalized spacial score (nSPS) is 12.7. The minimum Gasteiger partial charge on any atom is -0.480 e. The molecule has 0 bridgehead atoms. The molecule has 46 heavy (non-hydrogen) atoms. The number of unbranched alkanes of at least 4 members (excludes halogenated alkanes) is 13. The predicted molar refractivity (Wildman–Crippen MR) is 194 cm³/mol. The number of amides is 1. The van der Waals surface area contributed by atoms with Crippen molar-refractivity contribution in [1.82, 2.24) is 5.32 Å². The second-order valence-electron chi connectivity index (χ2n) is 12.1. The first-order valence-electron chi connectivity index (χ1n) is 18.4. The van der Waals surface area contributed by atoms with Gasteiger partial charge in [-0.1, -0.05) is 126 Å². The third-order valence-corrected chi connectivity index (χ3v) is 7.66. The maximum Gasteiger partial charge on any atom is 0.322 e. The highest BCUT2D eigenvalue weighted by Gasteiger charge is 2.11. The lowest BCUT2D eigenvalue weighted by Gasteiger charge is -2.14. The zero-order valence-electron chi connectivity index (χ0n) is 29.4. The number of rotatable bonds is 32. The van der Waals surface area contributed by atoms with Crippen LogP contribution < -0.4 is 5.32 Å². The largest absolute Gasteiger partial charge is 0.480 e. The zero-order chi connectivity index (χ0) is 33.8. The molecule has 262 valence electrons. The van der Waals surface area contributed by atoms with Gasteiger partial charge in [-0.25, -0.2) is 0 Å².